The molecule has 0 bridgehead atoms. The molecule has 0 saturated heterocycles. The van der Waals surface area contributed by atoms with Gasteiger partial charge in [-0.1, -0.05) is 11.5 Å². The first-order chi connectivity index (χ1) is 6.62. The van der Waals surface area contributed by atoms with E-state index < -0.39 is 29.9 Å². The molecule has 0 aliphatic rings. The number of phenols is 1. The van der Waals surface area contributed by atoms with Crippen LogP contribution in [0.4, 0.5) is 26.1 Å². The fourth-order valence-electron chi connectivity index (χ4n) is 0.993. The van der Waals surface area contributed by atoms with Gasteiger partial charge in [0.05, 0.1) is 11.3 Å². The predicted molar refractivity (Wildman–Crippen MR) is 41.8 cm³/mol. The zero-order valence-corrected chi connectivity index (χ0v) is 7.02. The molecule has 0 atom stereocenters. The molecule has 15 heavy (non-hydrogen) atoms. The van der Waals surface area contributed by atoms with Crippen molar-refractivity contribution < 1.29 is 31.2 Å². The summed E-state index contributed by atoms with van der Waals surface area (Å²) in [6.07, 6.45) is -4.86. The van der Waals surface area contributed by atoms with Crippen molar-refractivity contribution in [3.05, 3.63) is 23.8 Å². The van der Waals surface area contributed by atoms with Crippen LogP contribution in [0.15, 0.2) is 18.2 Å². The Hall–Kier alpha value is -1.34. The summed E-state index contributed by atoms with van der Waals surface area (Å²) in [4.78, 5) is 0. The molecule has 0 aliphatic heterocycles. The first-order valence-corrected chi connectivity index (χ1v) is 3.72. The van der Waals surface area contributed by atoms with Crippen molar-refractivity contribution in [3.63, 3.8) is 0 Å². The third-order valence-electron chi connectivity index (χ3n) is 1.71. The summed E-state index contributed by atoms with van der Waals surface area (Å²) >= 11 is 0. The van der Waals surface area contributed by atoms with Crippen LogP contribution < -0.4 is 5.46 Å². The van der Waals surface area contributed by atoms with Crippen molar-refractivity contribution in [3.8, 4) is 5.75 Å². The quantitative estimate of drug-likeness (QED) is 0.579. The highest BCUT2D eigenvalue weighted by Crippen LogP contribution is 2.30. The average Bonchev–Trinajstić information content (AvgIpc) is 2.00. The van der Waals surface area contributed by atoms with Crippen LogP contribution >= 0.6 is 0 Å². The van der Waals surface area contributed by atoms with Gasteiger partial charge in [-0.15, -0.1) is 0 Å². The van der Waals surface area contributed by atoms with Crippen LogP contribution in [-0.4, -0.2) is 12.1 Å². The molecule has 1 rings (SSSR count). The Kier molecular flexibility index (Phi) is 2.63. The van der Waals surface area contributed by atoms with Gasteiger partial charge < -0.3 is 18.1 Å². The minimum Gasteiger partial charge on any atom is -0.511 e. The van der Waals surface area contributed by atoms with E-state index in [1.54, 1.807) is 0 Å². The normalized spacial score (nSPS) is 12.9. The maximum absolute atomic E-state index is 12.2. The summed E-state index contributed by atoms with van der Waals surface area (Å²) in [6.45, 7) is -5.65. The van der Waals surface area contributed by atoms with Gasteiger partial charge in [-0.25, -0.2) is 0 Å². The smallest absolute Gasteiger partial charge is 0.511 e. The SMILES string of the molecule is Oc1ccc(C(F)(F)F)cc1[B-](F)(F)F. The molecule has 1 aromatic carbocycles. The fraction of sp³-hybridized carbons (Fsp3) is 0.143. The second-order valence-electron chi connectivity index (χ2n) is 2.85. The predicted octanol–water partition coefficient (Wildman–Crippen LogP) is 2.47. The Balaban J connectivity index is 3.30. The van der Waals surface area contributed by atoms with Crippen LogP contribution in [0.5, 0.6) is 5.75 Å². The van der Waals surface area contributed by atoms with Crippen LogP contribution in [0.1, 0.15) is 5.56 Å². The lowest BCUT2D eigenvalue weighted by molar-refractivity contribution is -0.137. The molecule has 0 saturated carbocycles. The number of alkyl halides is 3. The molecule has 1 aromatic rings. The second-order valence-corrected chi connectivity index (χ2v) is 2.85. The lowest BCUT2D eigenvalue weighted by atomic mass is 9.78. The number of aromatic hydroxyl groups is 1. The number of hydrogen-bond donors (Lipinski definition) is 1. The van der Waals surface area contributed by atoms with Gasteiger partial charge >= 0.3 is 13.2 Å². The van der Waals surface area contributed by atoms with Crippen molar-refractivity contribution in [2.45, 2.75) is 6.18 Å². The molecule has 0 spiro atoms. The first-order valence-electron chi connectivity index (χ1n) is 3.72. The zero-order chi connectivity index (χ0) is 11.9. The minimum atomic E-state index is -5.65. The van der Waals surface area contributed by atoms with Crippen LogP contribution in [-0.2, 0) is 6.18 Å². The van der Waals surface area contributed by atoms with E-state index >= 15 is 0 Å². The molecule has 0 radical (unpaired) electrons. The van der Waals surface area contributed by atoms with Gasteiger partial charge in [0, 0.05) is 0 Å². The minimum absolute atomic E-state index is 0.102. The number of benzene rings is 1. The van der Waals surface area contributed by atoms with Gasteiger partial charge in [0.1, 0.15) is 0 Å². The molecular weight excluding hydrogens is 225 g/mol. The lowest BCUT2D eigenvalue weighted by Gasteiger charge is -2.18. The fourth-order valence-corrected chi connectivity index (χ4v) is 0.993. The van der Waals surface area contributed by atoms with E-state index in [2.05, 4.69) is 0 Å². The van der Waals surface area contributed by atoms with Crippen molar-refractivity contribution in [1.29, 1.82) is 0 Å². The summed E-state index contributed by atoms with van der Waals surface area (Å²) in [7, 11) is 0. The topological polar surface area (TPSA) is 20.2 Å². The summed E-state index contributed by atoms with van der Waals surface area (Å²) in [6, 6.07) is 0.670. The molecule has 0 aromatic heterocycles. The average molecular weight is 229 g/mol. The van der Waals surface area contributed by atoms with Crippen molar-refractivity contribution in [2.24, 2.45) is 0 Å². The van der Waals surface area contributed by atoms with Crippen molar-refractivity contribution >= 4 is 12.4 Å². The van der Waals surface area contributed by atoms with Gasteiger partial charge in [-0.05, 0) is 12.1 Å². The number of hydrogen-bond acceptors (Lipinski definition) is 1. The standard InChI is InChI=1S/C7H4BF6O/c9-7(10,11)4-1-2-6(15)5(3-4)8(12,13)14/h1-3,15H/q-1. The van der Waals surface area contributed by atoms with Crippen molar-refractivity contribution in [1.82, 2.24) is 0 Å². The first kappa shape index (κ1) is 11.7. The van der Waals surface area contributed by atoms with Crippen LogP contribution in [0.25, 0.3) is 0 Å². The molecule has 0 heterocycles. The molecule has 0 fully saturated rings. The van der Waals surface area contributed by atoms with Gasteiger partial charge in [-0.3, -0.25) is 0 Å². The van der Waals surface area contributed by atoms with E-state index in [1.165, 1.54) is 0 Å². The van der Waals surface area contributed by atoms with Crippen LogP contribution in [0.2, 0.25) is 0 Å². The summed E-state index contributed by atoms with van der Waals surface area (Å²) < 4.78 is 72.6. The van der Waals surface area contributed by atoms with Crippen LogP contribution in [0.3, 0.4) is 0 Å². The highest BCUT2D eigenvalue weighted by Gasteiger charge is 2.35. The van der Waals surface area contributed by atoms with Crippen LogP contribution in [0, 0.1) is 0 Å². The molecule has 8 heteroatoms. The Labute approximate surface area is 80.4 Å². The molecule has 0 aliphatic carbocycles. The molecule has 0 amide bonds. The number of halogens is 6. The third kappa shape index (κ3) is 2.57. The molecule has 1 N–H and O–H groups in total. The monoisotopic (exact) mass is 229 g/mol. The van der Waals surface area contributed by atoms with Gasteiger partial charge in [0.25, 0.3) is 0 Å². The molecular formula is C7H4BF6O-. The van der Waals surface area contributed by atoms with Gasteiger partial charge in [-0.2, -0.15) is 13.2 Å². The largest absolute Gasteiger partial charge is 0.513 e. The highest BCUT2D eigenvalue weighted by atomic mass is 19.4. The summed E-state index contributed by atoms with van der Waals surface area (Å²) in [5.41, 5.74) is -3.07. The van der Waals surface area contributed by atoms with E-state index in [-0.39, 0.29) is 6.07 Å². The Morgan fingerprint density at radius 2 is 1.60 bits per heavy atom. The molecule has 0 unspecified atom stereocenters. The van der Waals surface area contributed by atoms with E-state index in [9.17, 15) is 26.1 Å². The maximum atomic E-state index is 12.2. The van der Waals surface area contributed by atoms with E-state index in [0.717, 1.165) is 0 Å². The Bertz CT molecular complexity index is 369. The van der Waals surface area contributed by atoms with Gasteiger partial charge in [0.2, 0.25) is 0 Å². The van der Waals surface area contributed by atoms with E-state index in [0.29, 0.717) is 12.1 Å². The van der Waals surface area contributed by atoms with E-state index in [4.69, 9.17) is 5.11 Å². The summed E-state index contributed by atoms with van der Waals surface area (Å²) in [5.74, 6) is -1.20. The Morgan fingerprint density at radius 3 is 2.00 bits per heavy atom. The Morgan fingerprint density at radius 1 is 1.07 bits per heavy atom. The van der Waals surface area contributed by atoms with E-state index in [1.807, 2.05) is 0 Å². The second kappa shape index (κ2) is 3.35. The highest BCUT2D eigenvalue weighted by molar-refractivity contribution is 6.74. The maximum Gasteiger partial charge on any atom is 0.513 e. The zero-order valence-electron chi connectivity index (χ0n) is 7.02. The lowest BCUT2D eigenvalue weighted by Crippen LogP contribution is -2.35. The van der Waals surface area contributed by atoms with Crippen molar-refractivity contribution in [2.75, 3.05) is 0 Å². The molecule has 84 valence electrons. The number of phenolic OH excluding ortho intramolecular Hbond substituents is 1. The summed E-state index contributed by atoms with van der Waals surface area (Å²) in [5, 5.41) is 8.76. The number of rotatable bonds is 1. The van der Waals surface area contributed by atoms with Gasteiger partial charge in [0.15, 0.2) is 0 Å². The molecule has 1 nitrogen and oxygen atoms in total. The third-order valence-corrected chi connectivity index (χ3v) is 1.71.